The van der Waals surface area contributed by atoms with Gasteiger partial charge in [0.1, 0.15) is 0 Å². The van der Waals surface area contributed by atoms with Crippen LogP contribution in [0.2, 0.25) is 0 Å². The molecule has 0 aromatic carbocycles. The van der Waals surface area contributed by atoms with Gasteiger partial charge in [0.2, 0.25) is 0 Å². The summed E-state index contributed by atoms with van der Waals surface area (Å²) in [5.41, 5.74) is 1.41. The van der Waals surface area contributed by atoms with Crippen molar-refractivity contribution in [1.82, 2.24) is 20.5 Å². The van der Waals surface area contributed by atoms with Crippen molar-refractivity contribution in [3.63, 3.8) is 0 Å². The number of nitrogens with zero attached hydrogens (tertiary/aromatic N) is 3. The Morgan fingerprint density at radius 3 is 2.50 bits per heavy atom. The van der Waals surface area contributed by atoms with Crippen molar-refractivity contribution in [2.24, 2.45) is 4.99 Å². The molecule has 1 aliphatic heterocycles. The molecule has 0 bridgehead atoms. The van der Waals surface area contributed by atoms with Gasteiger partial charge in [-0.15, -0.1) is 35.3 Å². The highest BCUT2D eigenvalue weighted by atomic mass is 127. The molecule has 0 unspecified atom stereocenters. The molecule has 6 nitrogen and oxygen atoms in total. The van der Waals surface area contributed by atoms with Gasteiger partial charge in [0.05, 0.1) is 23.9 Å². The number of halogens is 1. The third-order valence-electron chi connectivity index (χ3n) is 5.98. The fourth-order valence-corrected chi connectivity index (χ4v) is 5.19. The maximum atomic E-state index is 5.58. The van der Waals surface area contributed by atoms with Crippen LogP contribution in [0.25, 0.3) is 0 Å². The number of morpholine rings is 1. The van der Waals surface area contributed by atoms with E-state index in [-0.39, 0.29) is 29.5 Å². The lowest BCUT2D eigenvalue weighted by Crippen LogP contribution is -2.60. The highest BCUT2D eigenvalue weighted by molar-refractivity contribution is 14.0. The lowest BCUT2D eigenvalue weighted by Gasteiger charge is -2.48. The van der Waals surface area contributed by atoms with Gasteiger partial charge in [-0.2, -0.15) is 0 Å². The second-order valence-electron chi connectivity index (χ2n) is 7.74. The number of rotatable bonds is 6. The summed E-state index contributed by atoms with van der Waals surface area (Å²) in [4.78, 5) is 13.0. The Morgan fingerprint density at radius 1 is 1.18 bits per heavy atom. The minimum atomic E-state index is 0. The van der Waals surface area contributed by atoms with Gasteiger partial charge in [0.15, 0.2) is 5.96 Å². The summed E-state index contributed by atoms with van der Waals surface area (Å²) >= 11 is 1.80. The second-order valence-corrected chi connectivity index (χ2v) is 9.02. The molecule has 0 amide bonds. The summed E-state index contributed by atoms with van der Waals surface area (Å²) in [6.07, 6.45) is 7.51. The van der Waals surface area contributed by atoms with E-state index in [1.54, 1.807) is 11.3 Å². The van der Waals surface area contributed by atoms with Crippen LogP contribution in [0.4, 0.5) is 0 Å². The number of nitrogens with one attached hydrogen (secondary N) is 2. The van der Waals surface area contributed by atoms with Crippen LogP contribution in [0.5, 0.6) is 0 Å². The predicted molar refractivity (Wildman–Crippen MR) is 128 cm³/mol. The molecule has 0 radical (unpaired) electrons. The number of aliphatic imine (C=N–C) groups is 1. The van der Waals surface area contributed by atoms with Crippen molar-refractivity contribution in [3.8, 4) is 0 Å². The van der Waals surface area contributed by atoms with Crippen molar-refractivity contribution < 1.29 is 4.74 Å². The molecule has 1 saturated carbocycles. The van der Waals surface area contributed by atoms with E-state index in [4.69, 9.17) is 4.74 Å². The Labute approximate surface area is 190 Å². The van der Waals surface area contributed by atoms with Crippen LogP contribution < -0.4 is 10.6 Å². The van der Waals surface area contributed by atoms with Crippen LogP contribution in [-0.4, -0.2) is 67.8 Å². The molecule has 1 aromatic rings. The average Bonchev–Trinajstić information content (AvgIpc) is 3.03. The van der Waals surface area contributed by atoms with Crippen LogP contribution in [-0.2, 0) is 11.2 Å². The summed E-state index contributed by atoms with van der Waals surface area (Å²) < 4.78 is 5.58. The zero-order chi connectivity index (χ0) is 19.1. The first-order valence-corrected chi connectivity index (χ1v) is 11.1. The lowest BCUT2D eigenvalue weighted by atomic mass is 9.80. The quantitative estimate of drug-likeness (QED) is 0.342. The fraction of sp³-hybridized carbons (Fsp3) is 0.800. The molecule has 8 heteroatoms. The van der Waals surface area contributed by atoms with Crippen LogP contribution >= 0.6 is 35.3 Å². The van der Waals surface area contributed by atoms with E-state index in [1.165, 1.54) is 42.0 Å². The van der Waals surface area contributed by atoms with Gasteiger partial charge in [-0.3, -0.25) is 9.89 Å². The Balaban J connectivity index is 0.00000280. The molecule has 3 rings (SSSR count). The third kappa shape index (κ3) is 6.27. The SMILES string of the molecule is CN=C(NCCc1nc(C)c(C)s1)NCC1(N2CCOCC2)CCCCC1.I. The lowest BCUT2D eigenvalue weighted by molar-refractivity contribution is -0.0352. The molecule has 160 valence electrons. The summed E-state index contributed by atoms with van der Waals surface area (Å²) in [5.74, 6) is 0.901. The monoisotopic (exact) mass is 521 g/mol. The number of aromatic nitrogens is 1. The number of aryl methyl sites for hydroxylation is 2. The molecule has 1 saturated heterocycles. The largest absolute Gasteiger partial charge is 0.379 e. The first-order chi connectivity index (χ1) is 13.1. The zero-order valence-electron chi connectivity index (χ0n) is 17.6. The maximum absolute atomic E-state index is 5.58. The Kier molecular flexibility index (Phi) is 9.92. The minimum Gasteiger partial charge on any atom is -0.379 e. The van der Waals surface area contributed by atoms with Crippen molar-refractivity contribution in [2.45, 2.75) is 57.9 Å². The highest BCUT2D eigenvalue weighted by Crippen LogP contribution is 2.33. The van der Waals surface area contributed by atoms with E-state index in [0.717, 1.165) is 57.5 Å². The molecule has 0 spiro atoms. The molecule has 0 atom stereocenters. The molecule has 2 heterocycles. The zero-order valence-corrected chi connectivity index (χ0v) is 20.7. The first kappa shape index (κ1) is 23.8. The highest BCUT2D eigenvalue weighted by Gasteiger charge is 2.38. The summed E-state index contributed by atoms with van der Waals surface area (Å²) in [6, 6.07) is 0. The number of hydrogen-bond acceptors (Lipinski definition) is 5. The van der Waals surface area contributed by atoms with Gasteiger partial charge in [-0.25, -0.2) is 4.98 Å². The molecule has 2 aliphatic rings. The van der Waals surface area contributed by atoms with Crippen molar-refractivity contribution in [1.29, 1.82) is 0 Å². The molecule has 2 fully saturated rings. The predicted octanol–water partition coefficient (Wildman–Crippen LogP) is 3.12. The number of hydrogen-bond donors (Lipinski definition) is 2. The van der Waals surface area contributed by atoms with E-state index in [0.29, 0.717) is 0 Å². The second kappa shape index (κ2) is 11.7. The van der Waals surface area contributed by atoms with Gasteiger partial charge in [-0.05, 0) is 26.7 Å². The third-order valence-corrected chi connectivity index (χ3v) is 7.11. The van der Waals surface area contributed by atoms with Crippen LogP contribution in [0.1, 0.15) is 47.7 Å². The topological polar surface area (TPSA) is 61.8 Å². The van der Waals surface area contributed by atoms with E-state index in [9.17, 15) is 0 Å². The molecule has 2 N–H and O–H groups in total. The molecule has 1 aliphatic carbocycles. The number of guanidine groups is 1. The van der Waals surface area contributed by atoms with Crippen molar-refractivity contribution in [2.75, 3.05) is 46.4 Å². The number of ether oxygens (including phenoxy) is 1. The van der Waals surface area contributed by atoms with Crippen LogP contribution in [0.15, 0.2) is 4.99 Å². The Hall–Kier alpha value is -0.450. The van der Waals surface area contributed by atoms with Gasteiger partial charge >= 0.3 is 0 Å². The Morgan fingerprint density at radius 2 is 1.89 bits per heavy atom. The number of thiazole rings is 1. The smallest absolute Gasteiger partial charge is 0.191 e. The van der Waals surface area contributed by atoms with Crippen LogP contribution in [0.3, 0.4) is 0 Å². The first-order valence-electron chi connectivity index (χ1n) is 10.3. The fourth-order valence-electron chi connectivity index (χ4n) is 4.26. The van der Waals surface area contributed by atoms with Gasteiger partial charge in [0, 0.05) is 50.1 Å². The molecule has 28 heavy (non-hydrogen) atoms. The average molecular weight is 522 g/mol. The van der Waals surface area contributed by atoms with Gasteiger partial charge in [0.25, 0.3) is 0 Å². The molecular formula is C20H36IN5OS. The van der Waals surface area contributed by atoms with Crippen molar-refractivity contribution in [3.05, 3.63) is 15.6 Å². The normalized spacial score (nSPS) is 20.5. The molecule has 1 aromatic heterocycles. The standard InChI is InChI=1S/C20H35N5OS.HI/c1-16-17(2)27-18(24-16)7-10-22-19(21-3)23-15-20(8-5-4-6-9-20)25-11-13-26-14-12-25;/h4-15H2,1-3H3,(H2,21,22,23);1H. The maximum Gasteiger partial charge on any atom is 0.191 e. The summed E-state index contributed by atoms with van der Waals surface area (Å²) in [5, 5.41) is 8.29. The van der Waals surface area contributed by atoms with Gasteiger partial charge < -0.3 is 15.4 Å². The van der Waals surface area contributed by atoms with Gasteiger partial charge in [-0.1, -0.05) is 19.3 Å². The molecular weight excluding hydrogens is 485 g/mol. The Bertz CT molecular complexity index is 605. The van der Waals surface area contributed by atoms with E-state index < -0.39 is 0 Å². The van der Waals surface area contributed by atoms with E-state index in [2.05, 4.69) is 39.4 Å². The summed E-state index contributed by atoms with van der Waals surface area (Å²) in [7, 11) is 1.86. The van der Waals surface area contributed by atoms with E-state index in [1.807, 2.05) is 7.05 Å². The van der Waals surface area contributed by atoms with E-state index >= 15 is 0 Å². The minimum absolute atomic E-state index is 0. The summed E-state index contributed by atoms with van der Waals surface area (Å²) in [6.45, 7) is 9.87. The van der Waals surface area contributed by atoms with Crippen molar-refractivity contribution >= 4 is 41.3 Å². The van der Waals surface area contributed by atoms with Crippen LogP contribution in [0, 0.1) is 13.8 Å².